The number of nitrogens with zero attached hydrogens (tertiary/aromatic N) is 4. The molecule has 150 valence electrons. The van der Waals surface area contributed by atoms with Crippen LogP contribution < -0.4 is 16.4 Å². The van der Waals surface area contributed by atoms with Crippen LogP contribution in [0, 0.1) is 0 Å². The van der Waals surface area contributed by atoms with Crippen LogP contribution in [0.25, 0.3) is 0 Å². The monoisotopic (exact) mass is 385 g/mol. The van der Waals surface area contributed by atoms with Gasteiger partial charge in [0.15, 0.2) is 0 Å². The number of likely N-dealkylation sites (N-methyl/N-ethyl adjacent to an activating group) is 1. The van der Waals surface area contributed by atoms with Crippen molar-refractivity contribution in [2.45, 2.75) is 13.8 Å². The van der Waals surface area contributed by atoms with Crippen molar-refractivity contribution in [2.24, 2.45) is 5.16 Å². The van der Waals surface area contributed by atoms with Gasteiger partial charge in [-0.1, -0.05) is 19.0 Å². The number of carbonyl (C=O) groups excluding carboxylic acids is 1. The summed E-state index contributed by atoms with van der Waals surface area (Å²) in [6.45, 7) is 7.60. The van der Waals surface area contributed by atoms with Crippen LogP contribution in [0.4, 0.5) is 17.3 Å². The van der Waals surface area contributed by atoms with Crippen LogP contribution in [0.15, 0.2) is 35.7 Å². The zero-order valence-electron chi connectivity index (χ0n) is 16.5. The number of nitrogen functional groups attached to an aromatic ring is 1. The Morgan fingerprint density at radius 2 is 1.96 bits per heavy atom. The van der Waals surface area contributed by atoms with Crippen molar-refractivity contribution in [2.75, 3.05) is 44.3 Å². The van der Waals surface area contributed by atoms with Crippen LogP contribution in [0.2, 0.25) is 0 Å². The van der Waals surface area contributed by atoms with E-state index in [2.05, 4.69) is 44.5 Å². The maximum Gasteiger partial charge on any atom is 0.251 e. The average molecular weight is 385 g/mol. The van der Waals surface area contributed by atoms with E-state index in [4.69, 9.17) is 10.6 Å². The summed E-state index contributed by atoms with van der Waals surface area (Å²) in [5.41, 5.74) is 7.74. The van der Waals surface area contributed by atoms with E-state index >= 15 is 0 Å². The number of anilines is 3. The van der Waals surface area contributed by atoms with E-state index in [-0.39, 0.29) is 11.7 Å². The zero-order valence-corrected chi connectivity index (χ0v) is 16.5. The number of carbonyl (C=O) groups is 1. The van der Waals surface area contributed by atoms with E-state index in [0.29, 0.717) is 23.5 Å². The molecule has 0 atom stereocenters. The zero-order chi connectivity index (χ0) is 20.4. The minimum absolute atomic E-state index is 0.0992. The number of oxime groups is 1. The van der Waals surface area contributed by atoms with Crippen molar-refractivity contribution in [3.63, 3.8) is 0 Å². The first-order valence-corrected chi connectivity index (χ1v) is 9.13. The molecular weight excluding hydrogens is 358 g/mol. The number of nitrogens with two attached hydrogens (primary N) is 1. The molecule has 9 heteroatoms. The highest BCUT2D eigenvalue weighted by molar-refractivity contribution is 5.95. The predicted molar refractivity (Wildman–Crippen MR) is 111 cm³/mol. The molecule has 1 amide bonds. The summed E-state index contributed by atoms with van der Waals surface area (Å²) in [5, 5.41) is 9.80. The molecule has 0 fully saturated rings. The molecule has 0 aliphatic heterocycles. The Morgan fingerprint density at radius 1 is 1.25 bits per heavy atom. The van der Waals surface area contributed by atoms with Crippen molar-refractivity contribution < 1.29 is 9.63 Å². The maximum absolute atomic E-state index is 12.3. The lowest BCUT2D eigenvalue weighted by molar-refractivity contribution is 0.0949. The van der Waals surface area contributed by atoms with Gasteiger partial charge < -0.3 is 26.1 Å². The second-order valence-corrected chi connectivity index (χ2v) is 5.92. The molecule has 1 aromatic heterocycles. The molecule has 0 unspecified atom stereocenters. The Bertz CT molecular complexity index is 789. The SMILES string of the molecule is CCN(CC)CCNC(=O)c1ccc(Nc2ncnc(N)c2/C=N/OC)cc1. The Morgan fingerprint density at radius 3 is 2.61 bits per heavy atom. The maximum atomic E-state index is 12.3. The number of nitrogens with one attached hydrogen (secondary N) is 2. The van der Waals surface area contributed by atoms with E-state index in [0.717, 1.165) is 25.3 Å². The van der Waals surface area contributed by atoms with Crippen molar-refractivity contribution in [3.05, 3.63) is 41.7 Å². The molecule has 0 radical (unpaired) electrons. The van der Waals surface area contributed by atoms with Crippen LogP contribution in [0.1, 0.15) is 29.8 Å². The molecule has 9 nitrogen and oxygen atoms in total. The van der Waals surface area contributed by atoms with Crippen molar-refractivity contribution in [1.82, 2.24) is 20.2 Å². The first-order valence-electron chi connectivity index (χ1n) is 9.13. The molecule has 28 heavy (non-hydrogen) atoms. The third-order valence-corrected chi connectivity index (χ3v) is 4.22. The molecule has 0 spiro atoms. The minimum Gasteiger partial charge on any atom is -0.399 e. The molecular formula is C19H27N7O2. The quantitative estimate of drug-likeness (QED) is 0.422. The Hall–Kier alpha value is -3.20. The van der Waals surface area contributed by atoms with E-state index in [9.17, 15) is 4.79 Å². The average Bonchev–Trinajstić information content (AvgIpc) is 2.71. The van der Waals surface area contributed by atoms with Crippen molar-refractivity contribution >= 4 is 29.4 Å². The minimum atomic E-state index is -0.0992. The van der Waals surface area contributed by atoms with Gasteiger partial charge in [-0.05, 0) is 37.4 Å². The van der Waals surface area contributed by atoms with Crippen LogP contribution in [0.5, 0.6) is 0 Å². The fourth-order valence-corrected chi connectivity index (χ4v) is 2.55. The van der Waals surface area contributed by atoms with Gasteiger partial charge in [-0.25, -0.2) is 9.97 Å². The number of rotatable bonds is 10. The second kappa shape index (κ2) is 10.8. The van der Waals surface area contributed by atoms with Crippen LogP contribution in [0.3, 0.4) is 0 Å². The molecule has 0 aliphatic rings. The standard InChI is InChI=1S/C19H27N7O2/c1-4-26(5-2)11-10-21-19(27)14-6-8-15(9-7-14)25-18-16(12-24-28-3)17(20)22-13-23-18/h6-9,12-13H,4-5,10-11H2,1-3H3,(H,21,27)(H3,20,22,23,25)/b24-12+. The third-order valence-electron chi connectivity index (χ3n) is 4.22. The summed E-state index contributed by atoms with van der Waals surface area (Å²) in [7, 11) is 1.44. The van der Waals surface area contributed by atoms with E-state index in [1.165, 1.54) is 19.7 Å². The Labute approximate surface area is 165 Å². The normalized spacial score (nSPS) is 11.0. The van der Waals surface area contributed by atoms with Crippen LogP contribution in [-0.4, -0.2) is 60.3 Å². The van der Waals surface area contributed by atoms with Gasteiger partial charge in [0, 0.05) is 24.3 Å². The van der Waals surface area contributed by atoms with E-state index < -0.39 is 0 Å². The van der Waals surface area contributed by atoms with Gasteiger partial charge in [0.05, 0.1) is 11.8 Å². The smallest absolute Gasteiger partial charge is 0.251 e. The van der Waals surface area contributed by atoms with Crippen LogP contribution >= 0.6 is 0 Å². The third kappa shape index (κ3) is 5.92. The first kappa shape index (κ1) is 21.1. The number of benzene rings is 1. The molecule has 2 aromatic rings. The fraction of sp³-hybridized carbons (Fsp3) is 0.368. The number of hydrogen-bond donors (Lipinski definition) is 3. The molecule has 0 saturated heterocycles. The van der Waals surface area contributed by atoms with Gasteiger partial charge in [0.25, 0.3) is 5.91 Å². The highest BCUT2D eigenvalue weighted by Crippen LogP contribution is 2.20. The van der Waals surface area contributed by atoms with E-state index in [1.807, 2.05) is 0 Å². The summed E-state index contributed by atoms with van der Waals surface area (Å²) < 4.78 is 0. The van der Waals surface area contributed by atoms with Gasteiger partial charge in [-0.3, -0.25) is 4.79 Å². The molecule has 0 bridgehead atoms. The lowest BCUT2D eigenvalue weighted by Crippen LogP contribution is -2.34. The van der Waals surface area contributed by atoms with Crippen molar-refractivity contribution in [1.29, 1.82) is 0 Å². The number of hydrogen-bond acceptors (Lipinski definition) is 8. The molecule has 2 rings (SSSR count). The summed E-state index contributed by atoms with van der Waals surface area (Å²) in [4.78, 5) is 27.4. The summed E-state index contributed by atoms with van der Waals surface area (Å²) in [6, 6.07) is 7.11. The van der Waals surface area contributed by atoms with Gasteiger partial charge in [-0.2, -0.15) is 0 Å². The van der Waals surface area contributed by atoms with E-state index in [1.54, 1.807) is 24.3 Å². The molecule has 1 aromatic carbocycles. The highest BCUT2D eigenvalue weighted by atomic mass is 16.6. The van der Waals surface area contributed by atoms with Crippen molar-refractivity contribution in [3.8, 4) is 0 Å². The predicted octanol–water partition coefficient (Wildman–Crippen LogP) is 1.85. The lowest BCUT2D eigenvalue weighted by Gasteiger charge is -2.18. The van der Waals surface area contributed by atoms with Gasteiger partial charge in [0.2, 0.25) is 0 Å². The number of amides is 1. The largest absolute Gasteiger partial charge is 0.399 e. The van der Waals surface area contributed by atoms with Gasteiger partial charge in [-0.15, -0.1) is 0 Å². The molecule has 1 heterocycles. The fourth-order valence-electron chi connectivity index (χ4n) is 2.55. The van der Waals surface area contributed by atoms with Crippen LogP contribution in [-0.2, 0) is 4.84 Å². The topological polar surface area (TPSA) is 118 Å². The Balaban J connectivity index is 2.00. The molecule has 4 N–H and O–H groups in total. The highest BCUT2D eigenvalue weighted by Gasteiger charge is 2.09. The summed E-state index contributed by atoms with van der Waals surface area (Å²) in [6.07, 6.45) is 2.80. The summed E-state index contributed by atoms with van der Waals surface area (Å²) >= 11 is 0. The first-order chi connectivity index (χ1) is 13.6. The number of aromatic nitrogens is 2. The lowest BCUT2D eigenvalue weighted by atomic mass is 10.2. The molecule has 0 aliphatic carbocycles. The summed E-state index contributed by atoms with van der Waals surface area (Å²) in [5.74, 6) is 0.671. The molecule has 0 saturated carbocycles. The second-order valence-electron chi connectivity index (χ2n) is 5.92. The Kier molecular flexibility index (Phi) is 8.16. The van der Waals surface area contributed by atoms with Gasteiger partial charge in [0.1, 0.15) is 25.1 Å². The van der Waals surface area contributed by atoms with Gasteiger partial charge >= 0.3 is 0 Å².